The molecule has 218 valence electrons. The number of thiophene rings is 1. The molecule has 1 atom stereocenters. The summed E-state index contributed by atoms with van der Waals surface area (Å²) in [6.07, 6.45) is 2.25. The van der Waals surface area contributed by atoms with Gasteiger partial charge in [0.15, 0.2) is 0 Å². The predicted octanol–water partition coefficient (Wildman–Crippen LogP) is 4.58. The predicted molar refractivity (Wildman–Crippen MR) is 158 cm³/mol. The Hall–Kier alpha value is -3.70. The maximum Gasteiger partial charge on any atom is 0.333 e. The summed E-state index contributed by atoms with van der Waals surface area (Å²) in [6.45, 7) is 12.3. The zero-order valence-corrected chi connectivity index (χ0v) is 25.3. The molecular formula is C30H36N4O6S. The number of nitrogens with zero attached hydrogens (tertiary/aromatic N) is 4. The lowest BCUT2D eigenvalue weighted by atomic mass is 9.96. The van der Waals surface area contributed by atoms with E-state index in [4.69, 9.17) is 13.9 Å². The molecule has 0 N–H and O–H groups in total. The van der Waals surface area contributed by atoms with Crippen LogP contribution in [0.3, 0.4) is 0 Å². The highest BCUT2D eigenvalue weighted by molar-refractivity contribution is 7.22. The van der Waals surface area contributed by atoms with Gasteiger partial charge in [-0.1, -0.05) is 25.1 Å². The van der Waals surface area contributed by atoms with Crippen molar-refractivity contribution >= 4 is 27.5 Å². The molecule has 0 radical (unpaired) electrons. The topological polar surface area (TPSA) is 109 Å². The van der Waals surface area contributed by atoms with Crippen LogP contribution in [0.25, 0.3) is 21.0 Å². The Morgan fingerprint density at radius 3 is 2.54 bits per heavy atom. The second-order valence-corrected chi connectivity index (χ2v) is 12.4. The number of fused-ring (bicyclic) bond motifs is 1. The van der Waals surface area contributed by atoms with E-state index in [0.717, 1.165) is 10.1 Å². The van der Waals surface area contributed by atoms with Crippen LogP contribution in [0.1, 0.15) is 51.8 Å². The van der Waals surface area contributed by atoms with Gasteiger partial charge in [-0.3, -0.25) is 14.2 Å². The fraction of sp³-hybridized carbons (Fsp3) is 0.467. The van der Waals surface area contributed by atoms with E-state index in [2.05, 4.69) is 11.9 Å². The van der Waals surface area contributed by atoms with Crippen LogP contribution in [0.2, 0.25) is 0 Å². The highest BCUT2D eigenvalue weighted by atomic mass is 32.1. The normalized spacial score (nSPS) is 15.0. The molecule has 0 saturated carbocycles. The molecule has 4 aromatic rings. The molecule has 1 amide bonds. The van der Waals surface area contributed by atoms with Crippen molar-refractivity contribution in [2.24, 2.45) is 5.92 Å². The van der Waals surface area contributed by atoms with Crippen molar-refractivity contribution in [2.45, 2.75) is 65.8 Å². The third-order valence-corrected chi connectivity index (χ3v) is 8.85. The molecule has 1 aromatic carbocycles. The smallest absolute Gasteiger partial charge is 0.333 e. The standard InChI is InChI=1S/C30H36N4O6S/c1-17(2)40-22(20-10-8-9-11-21(20)38-7)16-33-27-23(19(4)24(41-27)25-31-12-13-39-25)26(35)34(29(33)37)30(5,6)28(36)32-14-18(3)15-32/h8-13,17-18,22H,14-16H2,1-7H3/t22-/m0/s1. The summed E-state index contributed by atoms with van der Waals surface area (Å²) in [5.74, 6) is 1.10. The first-order valence-electron chi connectivity index (χ1n) is 13.7. The van der Waals surface area contributed by atoms with E-state index in [-0.39, 0.29) is 18.6 Å². The molecular weight excluding hydrogens is 544 g/mol. The molecule has 10 nitrogen and oxygen atoms in total. The molecule has 1 aliphatic heterocycles. The van der Waals surface area contributed by atoms with E-state index in [0.29, 0.717) is 51.3 Å². The summed E-state index contributed by atoms with van der Waals surface area (Å²) in [5, 5.41) is 0.351. The number of carbonyl (C=O) groups excluding carboxylic acids is 1. The lowest BCUT2D eigenvalue weighted by Gasteiger charge is -2.42. The molecule has 1 saturated heterocycles. The van der Waals surface area contributed by atoms with Crippen molar-refractivity contribution in [3.63, 3.8) is 0 Å². The van der Waals surface area contributed by atoms with E-state index in [1.54, 1.807) is 30.4 Å². The molecule has 3 aromatic heterocycles. The number of hydrogen-bond donors (Lipinski definition) is 0. The molecule has 41 heavy (non-hydrogen) atoms. The Bertz CT molecular complexity index is 1690. The molecule has 0 aliphatic carbocycles. The molecule has 4 heterocycles. The third-order valence-electron chi connectivity index (χ3n) is 7.54. The zero-order chi connectivity index (χ0) is 29.6. The number of para-hydroxylation sites is 1. The summed E-state index contributed by atoms with van der Waals surface area (Å²) in [7, 11) is 1.59. The highest BCUT2D eigenvalue weighted by Gasteiger charge is 2.41. The lowest BCUT2D eigenvalue weighted by molar-refractivity contribution is -0.145. The molecule has 1 fully saturated rings. The van der Waals surface area contributed by atoms with Gasteiger partial charge in [0.2, 0.25) is 11.8 Å². The summed E-state index contributed by atoms with van der Waals surface area (Å²) < 4.78 is 20.2. The molecule has 0 unspecified atom stereocenters. The Kier molecular flexibility index (Phi) is 7.69. The Labute approximate surface area is 242 Å². The first kappa shape index (κ1) is 28.8. The van der Waals surface area contributed by atoms with Crippen LogP contribution in [0.15, 0.2) is 50.7 Å². The number of amides is 1. The number of benzene rings is 1. The first-order valence-corrected chi connectivity index (χ1v) is 14.5. The van der Waals surface area contributed by atoms with E-state index in [1.807, 2.05) is 45.0 Å². The molecule has 1 aliphatic rings. The average Bonchev–Trinajstić information content (AvgIpc) is 3.56. The molecule has 11 heteroatoms. The average molecular weight is 581 g/mol. The van der Waals surface area contributed by atoms with Crippen molar-refractivity contribution < 1.29 is 18.7 Å². The Morgan fingerprint density at radius 2 is 1.93 bits per heavy atom. The van der Waals surface area contributed by atoms with Crippen molar-refractivity contribution in [1.82, 2.24) is 19.0 Å². The van der Waals surface area contributed by atoms with Crippen molar-refractivity contribution in [1.29, 1.82) is 0 Å². The van der Waals surface area contributed by atoms with Gasteiger partial charge in [-0.05, 0) is 52.2 Å². The highest BCUT2D eigenvalue weighted by Crippen LogP contribution is 2.37. The van der Waals surface area contributed by atoms with E-state index >= 15 is 0 Å². The second-order valence-electron chi connectivity index (χ2n) is 11.4. The maximum atomic E-state index is 14.4. The number of ether oxygens (including phenoxy) is 2. The number of oxazole rings is 1. The summed E-state index contributed by atoms with van der Waals surface area (Å²) in [6, 6.07) is 7.51. The number of rotatable bonds is 9. The fourth-order valence-corrected chi connectivity index (χ4v) is 6.77. The van der Waals surface area contributed by atoms with Crippen LogP contribution in [-0.4, -0.2) is 51.2 Å². The Balaban J connectivity index is 1.76. The minimum absolute atomic E-state index is 0.0875. The van der Waals surface area contributed by atoms with Gasteiger partial charge in [0, 0.05) is 18.7 Å². The lowest BCUT2D eigenvalue weighted by Crippen LogP contribution is -2.60. The van der Waals surface area contributed by atoms with Gasteiger partial charge >= 0.3 is 5.69 Å². The minimum Gasteiger partial charge on any atom is -0.496 e. The van der Waals surface area contributed by atoms with Gasteiger partial charge in [0.1, 0.15) is 28.5 Å². The van der Waals surface area contributed by atoms with Crippen LogP contribution in [0.4, 0.5) is 0 Å². The van der Waals surface area contributed by atoms with Crippen molar-refractivity contribution in [2.75, 3.05) is 20.2 Å². The van der Waals surface area contributed by atoms with Crippen LogP contribution < -0.4 is 16.0 Å². The number of aromatic nitrogens is 3. The summed E-state index contributed by atoms with van der Waals surface area (Å²) in [5.41, 5.74) is -1.10. The number of hydrogen-bond acceptors (Lipinski definition) is 8. The Morgan fingerprint density at radius 1 is 1.22 bits per heavy atom. The number of likely N-dealkylation sites (tertiary alicyclic amines) is 1. The SMILES string of the molecule is COc1ccccc1[C@H](Cn1c(=O)n(C(C)(C)C(=O)N2CC(C)C2)c(=O)c2c(C)c(-c3ncco3)sc21)OC(C)C. The monoisotopic (exact) mass is 580 g/mol. The van der Waals surface area contributed by atoms with Gasteiger partial charge in [0.25, 0.3) is 5.56 Å². The van der Waals surface area contributed by atoms with Crippen molar-refractivity contribution in [3.05, 3.63) is 68.7 Å². The second kappa shape index (κ2) is 10.9. The minimum atomic E-state index is -1.42. The number of methoxy groups -OCH3 is 1. The van der Waals surface area contributed by atoms with Crippen LogP contribution >= 0.6 is 11.3 Å². The maximum absolute atomic E-state index is 14.4. The first-order chi connectivity index (χ1) is 19.4. The molecule has 5 rings (SSSR count). The zero-order valence-electron chi connectivity index (χ0n) is 24.5. The molecule has 0 bridgehead atoms. The fourth-order valence-electron chi connectivity index (χ4n) is 5.53. The summed E-state index contributed by atoms with van der Waals surface area (Å²) in [4.78, 5) is 49.3. The van der Waals surface area contributed by atoms with Crippen molar-refractivity contribution in [3.8, 4) is 16.5 Å². The van der Waals surface area contributed by atoms with Gasteiger partial charge in [-0.2, -0.15) is 0 Å². The number of carbonyl (C=O) groups is 1. The number of aryl methyl sites for hydroxylation is 1. The van der Waals surface area contributed by atoms with Crippen LogP contribution in [0, 0.1) is 12.8 Å². The van der Waals surface area contributed by atoms with E-state index < -0.39 is 22.9 Å². The summed E-state index contributed by atoms with van der Waals surface area (Å²) >= 11 is 1.26. The largest absolute Gasteiger partial charge is 0.496 e. The van der Waals surface area contributed by atoms with Crippen LogP contribution in [0.5, 0.6) is 5.75 Å². The van der Waals surface area contributed by atoms with Gasteiger partial charge in [-0.25, -0.2) is 14.3 Å². The van der Waals surface area contributed by atoms with E-state index in [1.165, 1.54) is 23.8 Å². The third kappa shape index (κ3) is 5.01. The van der Waals surface area contributed by atoms with Crippen LogP contribution in [-0.2, 0) is 21.6 Å². The van der Waals surface area contributed by atoms with Gasteiger partial charge < -0.3 is 18.8 Å². The quantitative estimate of drug-likeness (QED) is 0.285. The van der Waals surface area contributed by atoms with E-state index in [9.17, 15) is 14.4 Å². The van der Waals surface area contributed by atoms with Gasteiger partial charge in [0.05, 0.1) is 36.2 Å². The molecule has 0 spiro atoms. The van der Waals surface area contributed by atoms with Gasteiger partial charge in [-0.15, -0.1) is 11.3 Å².